The Morgan fingerprint density at radius 1 is 1.20 bits per heavy atom. The number of halogens is 3. The Hall–Kier alpha value is -4.64. The molecule has 5 aromatic rings. The lowest BCUT2D eigenvalue weighted by molar-refractivity contribution is -0.0510. The zero-order valence-electron chi connectivity index (χ0n) is 25.4. The first-order valence-corrected chi connectivity index (χ1v) is 15.2. The van der Waals surface area contributed by atoms with Crippen LogP contribution >= 0.6 is 22.9 Å². The number of nitriles is 1. The Kier molecular flexibility index (Phi) is 9.25. The molecule has 0 radical (unpaired) electrons. The summed E-state index contributed by atoms with van der Waals surface area (Å²) in [6.45, 7) is 1.94. The van der Waals surface area contributed by atoms with Crippen LogP contribution in [-0.2, 0) is 6.54 Å². The van der Waals surface area contributed by atoms with E-state index in [-0.39, 0.29) is 40.9 Å². The molecule has 46 heavy (non-hydrogen) atoms. The van der Waals surface area contributed by atoms with Crippen molar-refractivity contribution in [1.82, 2.24) is 19.4 Å². The quantitative estimate of drug-likeness (QED) is 0.171. The highest BCUT2D eigenvalue weighted by Crippen LogP contribution is 2.40. The molecule has 0 bridgehead atoms. The first kappa shape index (κ1) is 32.7. The molecule has 1 N–H and O–H groups in total. The number of aromatic nitrogens is 3. The largest absolute Gasteiger partial charge is 0.491 e. The van der Waals surface area contributed by atoms with Crippen molar-refractivity contribution in [2.45, 2.75) is 40.0 Å². The first-order valence-electron chi connectivity index (χ1n) is 14.0. The van der Waals surface area contributed by atoms with Crippen molar-refractivity contribution in [3.8, 4) is 28.7 Å². The lowest BCUT2D eigenvalue weighted by Crippen LogP contribution is -2.28. The molecule has 0 spiro atoms. The molecule has 0 saturated heterocycles. The monoisotopic (exact) mass is 667 g/mol. The van der Waals surface area contributed by atoms with Gasteiger partial charge in [0, 0.05) is 38.8 Å². The zero-order valence-corrected chi connectivity index (χ0v) is 27.0. The molecule has 1 unspecified atom stereocenters. The summed E-state index contributed by atoms with van der Waals surface area (Å²) in [6, 6.07) is 9.82. The second kappa shape index (κ2) is 13.0. The van der Waals surface area contributed by atoms with E-state index in [2.05, 4.69) is 9.97 Å². The number of hydrogen-bond donors (Lipinski definition) is 1. The molecular formula is C32H28ClF2N5O5S. The summed E-state index contributed by atoms with van der Waals surface area (Å²) in [7, 11) is 3.50. The number of ether oxygens (including phenoxy) is 2. The summed E-state index contributed by atoms with van der Waals surface area (Å²) in [4.78, 5) is 36.3. The highest BCUT2D eigenvalue weighted by Gasteiger charge is 2.26. The molecule has 0 aliphatic carbocycles. The molecule has 238 valence electrons. The van der Waals surface area contributed by atoms with Gasteiger partial charge in [0.2, 0.25) is 0 Å². The summed E-state index contributed by atoms with van der Waals surface area (Å²) in [5.41, 5.74) is 1.91. The van der Waals surface area contributed by atoms with Gasteiger partial charge in [-0.25, -0.2) is 9.78 Å². The van der Waals surface area contributed by atoms with E-state index in [1.54, 1.807) is 58.0 Å². The summed E-state index contributed by atoms with van der Waals surface area (Å²) >= 11 is 7.60. The van der Waals surface area contributed by atoms with Gasteiger partial charge in [-0.1, -0.05) is 11.6 Å². The maximum Gasteiger partial charge on any atom is 0.387 e. The molecular weight excluding hydrogens is 640 g/mol. The number of benzene rings is 2. The molecule has 14 heteroatoms. The van der Waals surface area contributed by atoms with Gasteiger partial charge in [-0.15, -0.1) is 11.3 Å². The zero-order chi connectivity index (χ0) is 33.4. The fraction of sp³-hybridized carbons (Fsp3) is 0.281. The van der Waals surface area contributed by atoms with E-state index in [0.29, 0.717) is 49.2 Å². The highest BCUT2D eigenvalue weighted by molar-refractivity contribution is 7.18. The van der Waals surface area contributed by atoms with Gasteiger partial charge in [0.1, 0.15) is 35.6 Å². The number of hydrogen-bond acceptors (Lipinski definition) is 9. The smallest absolute Gasteiger partial charge is 0.387 e. The lowest BCUT2D eigenvalue weighted by atomic mass is 9.99. The molecule has 3 heterocycles. The fourth-order valence-electron chi connectivity index (χ4n) is 5.24. The van der Waals surface area contributed by atoms with Gasteiger partial charge >= 0.3 is 12.6 Å². The van der Waals surface area contributed by atoms with Gasteiger partial charge in [-0.2, -0.15) is 14.0 Å². The van der Waals surface area contributed by atoms with E-state index in [1.165, 1.54) is 27.4 Å². The molecule has 0 aliphatic heterocycles. The van der Waals surface area contributed by atoms with Crippen LogP contribution in [0.3, 0.4) is 0 Å². The van der Waals surface area contributed by atoms with E-state index >= 15 is 0 Å². The number of aromatic carboxylic acids is 1. The highest BCUT2D eigenvalue weighted by atomic mass is 35.5. The SMILES string of the molecule is Cc1cc(-c2cc(Cl)ccc2OCCn2c(C)nc3cc(C(C)N(C)C)c(OC(F)F)c(C#N)c3c2=O)c2scc(C(=O)O)c2n1. The van der Waals surface area contributed by atoms with Gasteiger partial charge in [0.05, 0.1) is 33.2 Å². The first-order chi connectivity index (χ1) is 21.8. The lowest BCUT2D eigenvalue weighted by Gasteiger charge is -2.24. The topological polar surface area (TPSA) is 131 Å². The predicted molar refractivity (Wildman–Crippen MR) is 171 cm³/mol. The molecule has 1 atom stereocenters. The molecule has 3 aromatic heterocycles. The van der Waals surface area contributed by atoms with Crippen LogP contribution in [0.15, 0.2) is 40.5 Å². The number of rotatable bonds is 10. The third-order valence-corrected chi connectivity index (χ3v) is 8.89. The molecule has 0 aliphatic rings. The Bertz CT molecular complexity index is 2110. The number of aryl methyl sites for hydroxylation is 2. The van der Waals surface area contributed by atoms with Crippen molar-refractivity contribution in [2.75, 3.05) is 20.7 Å². The fourth-order valence-corrected chi connectivity index (χ4v) is 6.42. The van der Waals surface area contributed by atoms with Crippen molar-refractivity contribution in [3.05, 3.63) is 79.3 Å². The molecule has 10 nitrogen and oxygen atoms in total. The normalized spacial score (nSPS) is 12.2. The van der Waals surface area contributed by atoms with Crippen LogP contribution in [0.5, 0.6) is 11.5 Å². The third-order valence-electron chi connectivity index (χ3n) is 7.65. The van der Waals surface area contributed by atoms with Crippen LogP contribution in [0.2, 0.25) is 5.02 Å². The van der Waals surface area contributed by atoms with Crippen molar-refractivity contribution < 1.29 is 28.2 Å². The molecule has 0 fully saturated rings. The molecule has 5 rings (SSSR count). The van der Waals surface area contributed by atoms with Crippen LogP contribution in [0.25, 0.3) is 32.2 Å². The van der Waals surface area contributed by atoms with Crippen LogP contribution < -0.4 is 15.0 Å². The third kappa shape index (κ3) is 6.11. The van der Waals surface area contributed by atoms with Gasteiger partial charge in [0.25, 0.3) is 5.56 Å². The van der Waals surface area contributed by atoms with Crippen LogP contribution in [-0.4, -0.2) is 57.8 Å². The van der Waals surface area contributed by atoms with Crippen LogP contribution in [0.4, 0.5) is 8.78 Å². The minimum atomic E-state index is -3.21. The summed E-state index contributed by atoms with van der Waals surface area (Å²) < 4.78 is 39.9. The van der Waals surface area contributed by atoms with Gasteiger partial charge in [-0.05, 0) is 65.2 Å². The van der Waals surface area contributed by atoms with Crippen molar-refractivity contribution >= 4 is 50.0 Å². The maximum atomic E-state index is 13.8. The second-order valence-electron chi connectivity index (χ2n) is 10.7. The minimum Gasteiger partial charge on any atom is -0.491 e. The average molecular weight is 668 g/mol. The van der Waals surface area contributed by atoms with Crippen molar-refractivity contribution in [3.63, 3.8) is 0 Å². The summed E-state index contributed by atoms with van der Waals surface area (Å²) in [6.07, 6.45) is 0. The standard InChI is InChI=1S/C32H28ClF2N5O5S/c1-15-10-21(29-27(37-15)23(14-46-29)31(42)43)20-11-18(33)6-7-25(20)44-9-8-40-17(3)38-24-12-19(16(2)39(4)5)28(45-32(34)35)22(13-36)26(24)30(40)41/h6-7,10-12,14,16,32H,8-9H2,1-5H3,(H,42,43). The van der Waals surface area contributed by atoms with Gasteiger partial charge in [-0.3, -0.25) is 14.3 Å². The number of fused-ring (bicyclic) bond motifs is 2. The van der Waals surface area contributed by atoms with Crippen LogP contribution in [0, 0.1) is 25.2 Å². The molecule has 0 amide bonds. The summed E-state index contributed by atoms with van der Waals surface area (Å²) in [5.74, 6) is -0.688. The Balaban J connectivity index is 1.54. The number of thiophene rings is 1. The number of pyridine rings is 1. The second-order valence-corrected chi connectivity index (χ2v) is 12.1. The van der Waals surface area contributed by atoms with E-state index in [4.69, 9.17) is 21.1 Å². The number of carboxylic acid groups (broad SMARTS) is 1. The van der Waals surface area contributed by atoms with Gasteiger partial charge in [0.15, 0.2) is 0 Å². The predicted octanol–water partition coefficient (Wildman–Crippen LogP) is 6.82. The van der Waals surface area contributed by atoms with E-state index in [9.17, 15) is 28.7 Å². The Morgan fingerprint density at radius 3 is 2.59 bits per heavy atom. The summed E-state index contributed by atoms with van der Waals surface area (Å²) in [5, 5.41) is 21.5. The van der Waals surface area contributed by atoms with E-state index < -0.39 is 24.2 Å². The van der Waals surface area contributed by atoms with Crippen LogP contribution in [0.1, 0.15) is 46.0 Å². The minimum absolute atomic E-state index is 0.00831. The molecule has 2 aromatic carbocycles. The maximum absolute atomic E-state index is 13.8. The van der Waals surface area contributed by atoms with E-state index in [0.717, 1.165) is 0 Å². The molecule has 0 saturated carbocycles. The van der Waals surface area contributed by atoms with Gasteiger partial charge < -0.3 is 19.5 Å². The number of alkyl halides is 2. The number of carbonyl (C=O) groups is 1. The Labute approximate surface area is 271 Å². The van der Waals surface area contributed by atoms with Crippen molar-refractivity contribution in [2.24, 2.45) is 0 Å². The number of nitrogens with zero attached hydrogens (tertiary/aromatic N) is 5. The number of carboxylic acids is 1. The Morgan fingerprint density at radius 2 is 1.93 bits per heavy atom. The van der Waals surface area contributed by atoms with E-state index in [1.807, 2.05) is 12.1 Å². The van der Waals surface area contributed by atoms with Crippen molar-refractivity contribution in [1.29, 1.82) is 5.26 Å². The average Bonchev–Trinajstić information content (AvgIpc) is 3.42.